The summed E-state index contributed by atoms with van der Waals surface area (Å²) in [5.74, 6) is -0.324. The molecule has 0 aliphatic carbocycles. The predicted octanol–water partition coefficient (Wildman–Crippen LogP) is 0.970. The summed E-state index contributed by atoms with van der Waals surface area (Å²) < 4.78 is 9.70. The lowest BCUT2D eigenvalue weighted by Crippen LogP contribution is -2.11. The molecule has 0 amide bonds. The van der Waals surface area contributed by atoms with Crippen molar-refractivity contribution in [1.82, 2.24) is 9.97 Å². The number of carbonyl (C=O) groups is 1. The van der Waals surface area contributed by atoms with Gasteiger partial charge in [-0.25, -0.2) is 14.8 Å². The van der Waals surface area contributed by atoms with E-state index in [1.165, 1.54) is 13.3 Å². The highest BCUT2D eigenvalue weighted by Gasteiger charge is 2.16. The molecule has 0 aliphatic heterocycles. The average Bonchev–Trinajstić information content (AvgIpc) is 2.18. The number of ether oxygens (including phenoxy) is 2. The van der Waals surface area contributed by atoms with Gasteiger partial charge in [0.2, 0.25) is 11.6 Å². The Hall–Kier alpha value is -1.65. The van der Waals surface area contributed by atoms with Crippen molar-refractivity contribution in [2.75, 3.05) is 13.7 Å². The third-order valence-corrected chi connectivity index (χ3v) is 1.52. The lowest BCUT2D eigenvalue weighted by molar-refractivity contribution is 0.0514. The van der Waals surface area contributed by atoms with Gasteiger partial charge in [0.15, 0.2) is 0 Å². The van der Waals surface area contributed by atoms with Crippen LogP contribution in [0.2, 0.25) is 0 Å². The van der Waals surface area contributed by atoms with Gasteiger partial charge in [0.05, 0.1) is 25.6 Å². The van der Waals surface area contributed by atoms with Crippen LogP contribution in [-0.2, 0) is 4.74 Å². The molecule has 0 saturated heterocycles. The van der Waals surface area contributed by atoms with E-state index in [1.807, 2.05) is 0 Å². The first-order valence-corrected chi connectivity index (χ1v) is 4.23. The van der Waals surface area contributed by atoms with E-state index in [1.54, 1.807) is 13.8 Å². The molecule has 1 aromatic rings. The number of nitrogens with zero attached hydrogens (tertiary/aromatic N) is 2. The second-order valence-corrected chi connectivity index (χ2v) is 2.59. The molecule has 0 saturated carbocycles. The zero-order chi connectivity index (χ0) is 10.6. The Morgan fingerprint density at radius 2 is 2.29 bits per heavy atom. The molecule has 0 radical (unpaired) electrons. The fourth-order valence-corrected chi connectivity index (χ4v) is 0.948. The SMILES string of the molecule is CCOC(=O)c1nc(C)cnc1OC. The summed E-state index contributed by atoms with van der Waals surface area (Å²) in [6.45, 7) is 3.78. The number of hydrogen-bond donors (Lipinski definition) is 0. The number of esters is 1. The smallest absolute Gasteiger partial charge is 0.362 e. The van der Waals surface area contributed by atoms with Crippen LogP contribution in [0, 0.1) is 6.92 Å². The van der Waals surface area contributed by atoms with Gasteiger partial charge in [-0.05, 0) is 13.8 Å². The quantitative estimate of drug-likeness (QED) is 0.674. The van der Waals surface area contributed by atoms with Gasteiger partial charge in [0.1, 0.15) is 0 Å². The fourth-order valence-electron chi connectivity index (χ4n) is 0.948. The summed E-state index contributed by atoms with van der Waals surface area (Å²) in [5, 5.41) is 0. The Kier molecular flexibility index (Phi) is 3.39. The van der Waals surface area contributed by atoms with Gasteiger partial charge < -0.3 is 9.47 Å². The summed E-state index contributed by atoms with van der Waals surface area (Å²) in [6, 6.07) is 0. The van der Waals surface area contributed by atoms with Crippen molar-refractivity contribution in [3.8, 4) is 5.88 Å². The van der Waals surface area contributed by atoms with Gasteiger partial charge >= 0.3 is 5.97 Å². The summed E-state index contributed by atoms with van der Waals surface area (Å²) in [4.78, 5) is 19.3. The second-order valence-electron chi connectivity index (χ2n) is 2.59. The van der Waals surface area contributed by atoms with Gasteiger partial charge in [-0.1, -0.05) is 0 Å². The maximum absolute atomic E-state index is 11.4. The van der Waals surface area contributed by atoms with Gasteiger partial charge in [-0.15, -0.1) is 0 Å². The Labute approximate surface area is 82.1 Å². The van der Waals surface area contributed by atoms with Crippen molar-refractivity contribution >= 4 is 5.97 Å². The van der Waals surface area contributed by atoms with Crippen LogP contribution in [0.15, 0.2) is 6.20 Å². The molecule has 14 heavy (non-hydrogen) atoms. The molecule has 0 fully saturated rings. The summed E-state index contributed by atoms with van der Waals surface area (Å²) in [7, 11) is 1.43. The predicted molar refractivity (Wildman–Crippen MR) is 49.3 cm³/mol. The zero-order valence-electron chi connectivity index (χ0n) is 8.40. The highest BCUT2D eigenvalue weighted by atomic mass is 16.5. The first-order valence-electron chi connectivity index (χ1n) is 4.23. The summed E-state index contributed by atoms with van der Waals surface area (Å²) >= 11 is 0. The molecule has 1 aromatic heterocycles. The molecule has 0 N–H and O–H groups in total. The molecular weight excluding hydrogens is 184 g/mol. The van der Waals surface area contributed by atoms with E-state index >= 15 is 0 Å². The normalized spacial score (nSPS) is 9.64. The van der Waals surface area contributed by atoms with Crippen LogP contribution in [-0.4, -0.2) is 29.7 Å². The first kappa shape index (κ1) is 10.4. The summed E-state index contributed by atoms with van der Waals surface area (Å²) in [6.07, 6.45) is 1.53. The number of aryl methyl sites for hydroxylation is 1. The molecule has 0 aromatic carbocycles. The van der Waals surface area contributed by atoms with Gasteiger partial charge in [0, 0.05) is 0 Å². The third-order valence-electron chi connectivity index (χ3n) is 1.52. The molecule has 0 aliphatic rings. The minimum atomic E-state index is -0.513. The van der Waals surface area contributed by atoms with Crippen LogP contribution in [0.1, 0.15) is 23.1 Å². The monoisotopic (exact) mass is 196 g/mol. The van der Waals surface area contributed by atoms with E-state index in [2.05, 4.69) is 9.97 Å². The third kappa shape index (κ3) is 2.18. The highest BCUT2D eigenvalue weighted by Crippen LogP contribution is 2.13. The molecular formula is C9H12N2O3. The highest BCUT2D eigenvalue weighted by molar-refractivity contribution is 5.89. The minimum Gasteiger partial charge on any atom is -0.479 e. The molecule has 5 heteroatoms. The summed E-state index contributed by atoms with van der Waals surface area (Å²) in [5.41, 5.74) is 0.767. The molecule has 0 unspecified atom stereocenters. The second kappa shape index (κ2) is 4.55. The van der Waals surface area contributed by atoms with Crippen molar-refractivity contribution in [2.24, 2.45) is 0 Å². The Morgan fingerprint density at radius 1 is 1.57 bits per heavy atom. The van der Waals surface area contributed by atoms with Gasteiger partial charge in [-0.2, -0.15) is 0 Å². The molecule has 1 heterocycles. The maximum atomic E-state index is 11.4. The van der Waals surface area contributed by atoms with E-state index in [-0.39, 0.29) is 11.6 Å². The molecule has 0 spiro atoms. The molecule has 0 bridgehead atoms. The van der Waals surface area contributed by atoms with Crippen molar-refractivity contribution < 1.29 is 14.3 Å². The number of methoxy groups -OCH3 is 1. The number of rotatable bonds is 3. The maximum Gasteiger partial charge on any atom is 0.362 e. The van der Waals surface area contributed by atoms with Gasteiger partial charge in [0.25, 0.3) is 0 Å². The molecule has 0 atom stereocenters. The molecule has 1 rings (SSSR count). The fraction of sp³-hybridized carbons (Fsp3) is 0.444. The van der Waals surface area contributed by atoms with Crippen LogP contribution < -0.4 is 4.74 Å². The molecule has 76 valence electrons. The first-order chi connectivity index (χ1) is 6.69. The number of carbonyl (C=O) groups excluding carboxylic acids is 1. The molecule has 5 nitrogen and oxygen atoms in total. The minimum absolute atomic E-state index is 0.120. The van der Waals surface area contributed by atoms with E-state index in [0.29, 0.717) is 12.3 Å². The number of hydrogen-bond acceptors (Lipinski definition) is 5. The van der Waals surface area contributed by atoms with Gasteiger partial charge in [-0.3, -0.25) is 0 Å². The van der Waals surface area contributed by atoms with Crippen LogP contribution in [0.5, 0.6) is 5.88 Å². The topological polar surface area (TPSA) is 61.3 Å². The van der Waals surface area contributed by atoms with Crippen molar-refractivity contribution in [3.63, 3.8) is 0 Å². The van der Waals surface area contributed by atoms with Crippen LogP contribution in [0.3, 0.4) is 0 Å². The Morgan fingerprint density at radius 3 is 2.86 bits per heavy atom. The standard InChI is InChI=1S/C9H12N2O3/c1-4-14-9(12)7-8(13-3)10-5-6(2)11-7/h5H,4H2,1-3H3. The number of aromatic nitrogens is 2. The zero-order valence-corrected chi connectivity index (χ0v) is 8.40. The van der Waals surface area contributed by atoms with Crippen molar-refractivity contribution in [2.45, 2.75) is 13.8 Å². The largest absolute Gasteiger partial charge is 0.479 e. The van der Waals surface area contributed by atoms with Crippen LogP contribution in [0.25, 0.3) is 0 Å². The lowest BCUT2D eigenvalue weighted by Gasteiger charge is -2.05. The average molecular weight is 196 g/mol. The van der Waals surface area contributed by atoms with E-state index < -0.39 is 5.97 Å². The van der Waals surface area contributed by atoms with Crippen molar-refractivity contribution in [3.05, 3.63) is 17.6 Å². The van der Waals surface area contributed by atoms with E-state index in [9.17, 15) is 4.79 Å². The Balaban J connectivity index is 3.03. The van der Waals surface area contributed by atoms with Crippen molar-refractivity contribution in [1.29, 1.82) is 0 Å². The lowest BCUT2D eigenvalue weighted by atomic mass is 10.4. The Bertz CT molecular complexity index is 339. The van der Waals surface area contributed by atoms with E-state index in [4.69, 9.17) is 9.47 Å². The van der Waals surface area contributed by atoms with Crippen LogP contribution in [0.4, 0.5) is 0 Å². The van der Waals surface area contributed by atoms with E-state index in [0.717, 1.165) is 0 Å². The van der Waals surface area contributed by atoms with Crippen LogP contribution >= 0.6 is 0 Å².